The smallest absolute Gasteiger partial charge is 0.227 e. The number of rotatable bonds is 5. The molecule has 1 saturated heterocycles. The van der Waals surface area contributed by atoms with E-state index in [0.29, 0.717) is 19.5 Å². The van der Waals surface area contributed by atoms with Gasteiger partial charge in [-0.25, -0.2) is 0 Å². The van der Waals surface area contributed by atoms with E-state index >= 15 is 0 Å². The molecule has 1 unspecified atom stereocenters. The van der Waals surface area contributed by atoms with E-state index < -0.39 is 5.41 Å². The molecule has 142 valence electrons. The number of carbonyl (C=O) groups excluding carboxylic acids is 2. The van der Waals surface area contributed by atoms with Gasteiger partial charge in [0.15, 0.2) is 0 Å². The highest BCUT2D eigenvalue weighted by Gasteiger charge is 2.39. The predicted molar refractivity (Wildman–Crippen MR) is 107 cm³/mol. The molecule has 2 aromatic carbocycles. The molecule has 0 saturated carbocycles. The van der Waals surface area contributed by atoms with Gasteiger partial charge in [0.25, 0.3) is 0 Å². The molecule has 1 fully saturated rings. The quantitative estimate of drug-likeness (QED) is 0.883. The molecule has 4 nitrogen and oxygen atoms in total. The van der Waals surface area contributed by atoms with Gasteiger partial charge in [0.05, 0.1) is 11.8 Å². The Labute approximate surface area is 161 Å². The Balaban J connectivity index is 1.58. The van der Waals surface area contributed by atoms with Crippen molar-refractivity contribution in [2.45, 2.75) is 39.7 Å². The first-order valence-electron chi connectivity index (χ1n) is 9.62. The molecule has 1 heterocycles. The lowest BCUT2D eigenvalue weighted by Gasteiger charge is -2.39. The topological polar surface area (TPSA) is 49.4 Å². The molecule has 2 amide bonds. The molecule has 2 aromatic rings. The van der Waals surface area contributed by atoms with E-state index in [1.807, 2.05) is 73.3 Å². The SMILES string of the molecule is Cc1ccc(CC(=O)N2CCCC(C)(C(=O)NCc3ccccc3)C2)cc1. The molecule has 1 N–H and O–H groups in total. The first-order valence-corrected chi connectivity index (χ1v) is 9.62. The summed E-state index contributed by atoms with van der Waals surface area (Å²) in [7, 11) is 0. The van der Waals surface area contributed by atoms with E-state index in [9.17, 15) is 9.59 Å². The minimum absolute atomic E-state index is 0.0270. The number of likely N-dealkylation sites (tertiary alicyclic amines) is 1. The maximum Gasteiger partial charge on any atom is 0.227 e. The molecule has 1 atom stereocenters. The molecule has 0 spiro atoms. The fraction of sp³-hybridized carbons (Fsp3) is 0.391. The first kappa shape index (κ1) is 19.2. The van der Waals surface area contributed by atoms with Crippen LogP contribution in [0.1, 0.15) is 36.5 Å². The second kappa shape index (κ2) is 8.38. The summed E-state index contributed by atoms with van der Waals surface area (Å²) in [5, 5.41) is 3.05. The molecular weight excluding hydrogens is 336 g/mol. The highest BCUT2D eigenvalue weighted by molar-refractivity contribution is 5.84. The number of carbonyl (C=O) groups is 2. The van der Waals surface area contributed by atoms with Crippen molar-refractivity contribution in [2.24, 2.45) is 5.41 Å². The second-order valence-corrected chi connectivity index (χ2v) is 7.81. The third-order valence-corrected chi connectivity index (χ3v) is 5.37. The maximum absolute atomic E-state index is 12.8. The Hall–Kier alpha value is -2.62. The van der Waals surface area contributed by atoms with Crippen molar-refractivity contribution in [3.8, 4) is 0 Å². The van der Waals surface area contributed by atoms with Crippen LogP contribution in [-0.2, 0) is 22.6 Å². The summed E-state index contributed by atoms with van der Waals surface area (Å²) in [6, 6.07) is 18.0. The van der Waals surface area contributed by atoms with Crippen LogP contribution in [0.2, 0.25) is 0 Å². The van der Waals surface area contributed by atoms with Gasteiger partial charge in [-0.1, -0.05) is 60.2 Å². The van der Waals surface area contributed by atoms with Gasteiger partial charge in [-0.05, 0) is 37.8 Å². The number of nitrogens with one attached hydrogen (secondary N) is 1. The summed E-state index contributed by atoms with van der Waals surface area (Å²) in [6.45, 7) is 5.74. The molecule has 1 aliphatic rings. The fourth-order valence-electron chi connectivity index (χ4n) is 3.62. The van der Waals surface area contributed by atoms with E-state index in [1.165, 1.54) is 5.56 Å². The van der Waals surface area contributed by atoms with Gasteiger partial charge in [-0.15, -0.1) is 0 Å². The standard InChI is InChI=1S/C23H28N2O2/c1-18-9-11-19(12-10-18)15-21(26)25-14-6-13-23(2,17-25)22(27)24-16-20-7-4-3-5-8-20/h3-5,7-12H,6,13-17H2,1-2H3,(H,24,27). The maximum atomic E-state index is 12.8. The zero-order chi connectivity index (χ0) is 19.3. The monoisotopic (exact) mass is 364 g/mol. The summed E-state index contributed by atoms with van der Waals surface area (Å²) < 4.78 is 0. The Morgan fingerprint density at radius 2 is 1.74 bits per heavy atom. The van der Waals surface area contributed by atoms with Crippen LogP contribution in [0.5, 0.6) is 0 Å². The highest BCUT2D eigenvalue weighted by atomic mass is 16.2. The fourth-order valence-corrected chi connectivity index (χ4v) is 3.62. The summed E-state index contributed by atoms with van der Waals surface area (Å²) >= 11 is 0. The van der Waals surface area contributed by atoms with Crippen molar-refractivity contribution in [2.75, 3.05) is 13.1 Å². The Kier molecular flexibility index (Phi) is 5.94. The number of hydrogen-bond acceptors (Lipinski definition) is 2. The molecule has 0 aromatic heterocycles. The van der Waals surface area contributed by atoms with Crippen molar-refractivity contribution in [3.05, 3.63) is 71.3 Å². The number of hydrogen-bond donors (Lipinski definition) is 1. The van der Waals surface area contributed by atoms with Crippen molar-refractivity contribution in [1.82, 2.24) is 10.2 Å². The van der Waals surface area contributed by atoms with E-state index in [2.05, 4.69) is 5.32 Å². The predicted octanol–water partition coefficient (Wildman–Crippen LogP) is 3.48. The normalized spacial score (nSPS) is 19.6. The van der Waals surface area contributed by atoms with Crippen LogP contribution in [0.4, 0.5) is 0 Å². The van der Waals surface area contributed by atoms with Gasteiger partial charge in [-0.2, -0.15) is 0 Å². The van der Waals surface area contributed by atoms with Gasteiger partial charge in [-0.3, -0.25) is 9.59 Å². The van der Waals surface area contributed by atoms with Crippen molar-refractivity contribution >= 4 is 11.8 Å². The lowest BCUT2D eigenvalue weighted by Crippen LogP contribution is -2.52. The Morgan fingerprint density at radius 3 is 2.44 bits per heavy atom. The molecule has 3 rings (SSSR count). The van der Waals surface area contributed by atoms with E-state index in [0.717, 1.165) is 30.5 Å². The Morgan fingerprint density at radius 1 is 1.04 bits per heavy atom. The largest absolute Gasteiger partial charge is 0.351 e. The molecule has 4 heteroatoms. The van der Waals surface area contributed by atoms with E-state index in [4.69, 9.17) is 0 Å². The lowest BCUT2D eigenvalue weighted by atomic mass is 9.80. The molecule has 27 heavy (non-hydrogen) atoms. The lowest BCUT2D eigenvalue weighted by molar-refractivity contribution is -0.140. The van der Waals surface area contributed by atoms with Crippen LogP contribution in [0.25, 0.3) is 0 Å². The van der Waals surface area contributed by atoms with Crippen LogP contribution in [0.15, 0.2) is 54.6 Å². The van der Waals surface area contributed by atoms with E-state index in [1.54, 1.807) is 0 Å². The average molecular weight is 364 g/mol. The van der Waals surface area contributed by atoms with Crippen LogP contribution < -0.4 is 5.32 Å². The number of aryl methyl sites for hydroxylation is 1. The minimum atomic E-state index is -0.532. The van der Waals surface area contributed by atoms with Crippen LogP contribution in [0, 0.1) is 12.3 Å². The number of piperidine rings is 1. The number of nitrogens with zero attached hydrogens (tertiary/aromatic N) is 1. The molecule has 0 radical (unpaired) electrons. The minimum Gasteiger partial charge on any atom is -0.351 e. The van der Waals surface area contributed by atoms with Crippen LogP contribution >= 0.6 is 0 Å². The number of amides is 2. The zero-order valence-electron chi connectivity index (χ0n) is 16.2. The molecule has 0 bridgehead atoms. The summed E-state index contributed by atoms with van der Waals surface area (Å²) in [4.78, 5) is 27.4. The third-order valence-electron chi connectivity index (χ3n) is 5.37. The highest BCUT2D eigenvalue weighted by Crippen LogP contribution is 2.30. The van der Waals surface area contributed by atoms with Crippen LogP contribution in [-0.4, -0.2) is 29.8 Å². The molecule has 1 aliphatic heterocycles. The zero-order valence-corrected chi connectivity index (χ0v) is 16.2. The Bertz CT molecular complexity index is 786. The van der Waals surface area contributed by atoms with Gasteiger partial charge in [0.2, 0.25) is 11.8 Å². The van der Waals surface area contributed by atoms with Crippen molar-refractivity contribution in [1.29, 1.82) is 0 Å². The third kappa shape index (κ3) is 4.97. The van der Waals surface area contributed by atoms with E-state index in [-0.39, 0.29) is 11.8 Å². The summed E-state index contributed by atoms with van der Waals surface area (Å²) in [5.41, 5.74) is 2.76. The summed E-state index contributed by atoms with van der Waals surface area (Å²) in [6.07, 6.45) is 2.05. The summed E-state index contributed by atoms with van der Waals surface area (Å²) in [5.74, 6) is 0.125. The van der Waals surface area contributed by atoms with Gasteiger partial charge >= 0.3 is 0 Å². The van der Waals surface area contributed by atoms with Crippen molar-refractivity contribution < 1.29 is 9.59 Å². The van der Waals surface area contributed by atoms with Gasteiger partial charge in [0, 0.05) is 19.6 Å². The van der Waals surface area contributed by atoms with Crippen molar-refractivity contribution in [3.63, 3.8) is 0 Å². The first-order chi connectivity index (χ1) is 13.0. The average Bonchev–Trinajstić information content (AvgIpc) is 2.68. The van der Waals surface area contributed by atoms with Crippen LogP contribution in [0.3, 0.4) is 0 Å². The number of benzene rings is 2. The van der Waals surface area contributed by atoms with Gasteiger partial charge < -0.3 is 10.2 Å². The van der Waals surface area contributed by atoms with Gasteiger partial charge in [0.1, 0.15) is 0 Å². The molecular formula is C23H28N2O2. The molecule has 0 aliphatic carbocycles. The second-order valence-electron chi connectivity index (χ2n) is 7.81.